The Kier molecular flexibility index (Phi) is 5.32. The lowest BCUT2D eigenvalue weighted by Gasteiger charge is -2.19. The first-order chi connectivity index (χ1) is 15.0. The monoisotopic (exact) mass is 415 g/mol. The van der Waals surface area contributed by atoms with Crippen LogP contribution in [0.25, 0.3) is 22.8 Å². The van der Waals surface area contributed by atoms with Gasteiger partial charge in [0.15, 0.2) is 5.76 Å². The van der Waals surface area contributed by atoms with Gasteiger partial charge in [0, 0.05) is 23.9 Å². The normalized spacial score (nSPS) is 10.6. The first-order valence-electron chi connectivity index (χ1n) is 9.44. The largest absolute Gasteiger partial charge is 0.436 e. The van der Waals surface area contributed by atoms with Gasteiger partial charge in [-0.05, 0) is 48.5 Å². The fourth-order valence-corrected chi connectivity index (χ4v) is 3.19. The fourth-order valence-electron chi connectivity index (χ4n) is 3.19. The fraction of sp³-hybridized carbons (Fsp3) is 0.0417. The standard InChI is InChI=1S/C24H18FN3O3/c1-28(16-12-10-15(11-13-16)22(26)29)24(30)18-7-3-2-6-17(18)23-27-14-21(31-23)19-8-4-5-9-20(19)25/h2-14H,1H3,(H2,26,29). The molecule has 0 bridgehead atoms. The maximum Gasteiger partial charge on any atom is 0.258 e. The topological polar surface area (TPSA) is 89.4 Å². The number of nitrogens with zero attached hydrogens (tertiary/aromatic N) is 2. The average molecular weight is 415 g/mol. The molecule has 0 fully saturated rings. The van der Waals surface area contributed by atoms with E-state index in [1.165, 1.54) is 17.2 Å². The first-order valence-corrected chi connectivity index (χ1v) is 9.44. The molecule has 6 nitrogen and oxygen atoms in total. The summed E-state index contributed by atoms with van der Waals surface area (Å²) >= 11 is 0. The molecule has 0 aliphatic carbocycles. The lowest BCUT2D eigenvalue weighted by Crippen LogP contribution is -2.26. The van der Waals surface area contributed by atoms with Crippen LogP contribution in [0.1, 0.15) is 20.7 Å². The van der Waals surface area contributed by atoms with Gasteiger partial charge >= 0.3 is 0 Å². The predicted octanol–water partition coefficient (Wildman–Crippen LogP) is 4.52. The summed E-state index contributed by atoms with van der Waals surface area (Å²) in [7, 11) is 1.62. The molecule has 7 heteroatoms. The number of aromatic nitrogens is 1. The number of primary amides is 1. The molecule has 2 amide bonds. The van der Waals surface area contributed by atoms with Crippen LogP contribution in [0.5, 0.6) is 0 Å². The molecule has 2 N–H and O–H groups in total. The summed E-state index contributed by atoms with van der Waals surface area (Å²) < 4.78 is 19.9. The number of carbonyl (C=O) groups excluding carboxylic acids is 2. The van der Waals surface area contributed by atoms with Crippen molar-refractivity contribution in [3.63, 3.8) is 0 Å². The third kappa shape index (κ3) is 3.93. The second-order valence-corrected chi connectivity index (χ2v) is 6.83. The summed E-state index contributed by atoms with van der Waals surface area (Å²) in [4.78, 5) is 30.2. The van der Waals surface area contributed by atoms with Crippen molar-refractivity contribution in [3.8, 4) is 22.8 Å². The molecular weight excluding hydrogens is 397 g/mol. The molecule has 0 atom stereocenters. The molecular formula is C24H18FN3O3. The maximum absolute atomic E-state index is 14.1. The smallest absolute Gasteiger partial charge is 0.258 e. The SMILES string of the molecule is CN(C(=O)c1ccccc1-c1ncc(-c2ccccc2F)o1)c1ccc(C(N)=O)cc1. The van der Waals surface area contributed by atoms with Gasteiger partial charge < -0.3 is 15.1 Å². The third-order valence-corrected chi connectivity index (χ3v) is 4.88. The van der Waals surface area contributed by atoms with E-state index in [1.807, 2.05) is 0 Å². The number of halogens is 1. The predicted molar refractivity (Wildman–Crippen MR) is 115 cm³/mol. The van der Waals surface area contributed by atoms with Crippen molar-refractivity contribution < 1.29 is 18.4 Å². The summed E-state index contributed by atoms with van der Waals surface area (Å²) in [5.74, 6) is -0.785. The van der Waals surface area contributed by atoms with Gasteiger partial charge in [-0.25, -0.2) is 9.37 Å². The van der Waals surface area contributed by atoms with Crippen molar-refractivity contribution in [2.24, 2.45) is 5.73 Å². The van der Waals surface area contributed by atoms with Gasteiger partial charge in [0.1, 0.15) is 5.82 Å². The number of nitrogens with two attached hydrogens (primary N) is 1. The van der Waals surface area contributed by atoms with Crippen LogP contribution in [-0.4, -0.2) is 23.8 Å². The number of oxazole rings is 1. The summed E-state index contributed by atoms with van der Waals surface area (Å²) in [6, 6.07) is 19.5. The van der Waals surface area contributed by atoms with E-state index in [2.05, 4.69) is 4.98 Å². The minimum absolute atomic E-state index is 0.208. The van der Waals surface area contributed by atoms with Crippen molar-refractivity contribution in [1.29, 1.82) is 0 Å². The second-order valence-electron chi connectivity index (χ2n) is 6.83. The highest BCUT2D eigenvalue weighted by Crippen LogP contribution is 2.30. The Morgan fingerprint density at radius 2 is 1.58 bits per heavy atom. The average Bonchev–Trinajstić information content (AvgIpc) is 3.28. The molecule has 3 aromatic carbocycles. The van der Waals surface area contributed by atoms with Crippen molar-refractivity contribution in [3.05, 3.63) is 95.9 Å². The summed E-state index contributed by atoms with van der Waals surface area (Å²) in [6.07, 6.45) is 1.43. The molecule has 0 radical (unpaired) electrons. The third-order valence-electron chi connectivity index (χ3n) is 4.88. The number of anilines is 1. The van der Waals surface area contributed by atoms with E-state index in [0.717, 1.165) is 0 Å². The Hall–Kier alpha value is -4.26. The highest BCUT2D eigenvalue weighted by molar-refractivity contribution is 6.09. The summed E-state index contributed by atoms with van der Waals surface area (Å²) in [5, 5.41) is 0. The minimum Gasteiger partial charge on any atom is -0.436 e. The molecule has 0 spiro atoms. The molecule has 1 aromatic heterocycles. The van der Waals surface area contributed by atoms with E-state index in [1.54, 1.807) is 73.8 Å². The maximum atomic E-state index is 14.1. The molecule has 154 valence electrons. The Morgan fingerprint density at radius 3 is 2.26 bits per heavy atom. The van der Waals surface area contributed by atoms with Crippen LogP contribution in [0, 0.1) is 5.82 Å². The van der Waals surface area contributed by atoms with E-state index < -0.39 is 11.7 Å². The number of benzene rings is 3. The van der Waals surface area contributed by atoms with Crippen LogP contribution in [-0.2, 0) is 0 Å². The van der Waals surface area contributed by atoms with E-state index in [4.69, 9.17) is 10.2 Å². The van der Waals surface area contributed by atoms with Crippen molar-refractivity contribution in [1.82, 2.24) is 4.98 Å². The van der Waals surface area contributed by atoms with Crippen molar-refractivity contribution >= 4 is 17.5 Å². The van der Waals surface area contributed by atoms with Gasteiger partial charge in [-0.3, -0.25) is 9.59 Å². The summed E-state index contributed by atoms with van der Waals surface area (Å²) in [6.45, 7) is 0. The van der Waals surface area contributed by atoms with Crippen LogP contribution >= 0.6 is 0 Å². The number of hydrogen-bond donors (Lipinski definition) is 1. The van der Waals surface area contributed by atoms with Crippen LogP contribution in [0.15, 0.2) is 83.4 Å². The zero-order chi connectivity index (χ0) is 22.0. The number of amides is 2. The molecule has 4 aromatic rings. The van der Waals surface area contributed by atoms with Crippen molar-refractivity contribution in [2.75, 3.05) is 11.9 Å². The highest BCUT2D eigenvalue weighted by atomic mass is 19.1. The quantitative estimate of drug-likeness (QED) is 0.519. The van der Waals surface area contributed by atoms with Gasteiger partial charge in [-0.2, -0.15) is 0 Å². The van der Waals surface area contributed by atoms with Gasteiger partial charge in [0.05, 0.1) is 17.3 Å². The van der Waals surface area contributed by atoms with Gasteiger partial charge in [-0.15, -0.1) is 0 Å². The molecule has 0 unspecified atom stereocenters. The Balaban J connectivity index is 1.67. The molecule has 1 heterocycles. The molecule has 31 heavy (non-hydrogen) atoms. The van der Waals surface area contributed by atoms with Crippen LogP contribution in [0.2, 0.25) is 0 Å². The van der Waals surface area contributed by atoms with E-state index in [-0.39, 0.29) is 23.1 Å². The lowest BCUT2D eigenvalue weighted by molar-refractivity contribution is 0.0989. The zero-order valence-corrected chi connectivity index (χ0v) is 16.6. The highest BCUT2D eigenvalue weighted by Gasteiger charge is 2.21. The number of hydrogen-bond acceptors (Lipinski definition) is 4. The van der Waals surface area contributed by atoms with Gasteiger partial charge in [0.2, 0.25) is 11.8 Å². The molecule has 0 saturated carbocycles. The van der Waals surface area contributed by atoms with Crippen LogP contribution < -0.4 is 10.6 Å². The van der Waals surface area contributed by atoms with Gasteiger partial charge in [-0.1, -0.05) is 24.3 Å². The Morgan fingerprint density at radius 1 is 0.935 bits per heavy atom. The molecule has 4 rings (SSSR count). The van der Waals surface area contributed by atoms with E-state index in [0.29, 0.717) is 22.4 Å². The number of carbonyl (C=O) groups is 2. The minimum atomic E-state index is -0.541. The zero-order valence-electron chi connectivity index (χ0n) is 16.6. The second kappa shape index (κ2) is 8.23. The lowest BCUT2D eigenvalue weighted by atomic mass is 10.1. The summed E-state index contributed by atoms with van der Waals surface area (Å²) in [5.41, 5.74) is 7.34. The van der Waals surface area contributed by atoms with Crippen molar-refractivity contribution in [2.45, 2.75) is 0 Å². The van der Waals surface area contributed by atoms with E-state index in [9.17, 15) is 14.0 Å². The molecule has 0 saturated heterocycles. The molecule has 0 aliphatic rings. The number of rotatable bonds is 5. The van der Waals surface area contributed by atoms with E-state index >= 15 is 0 Å². The molecule has 0 aliphatic heterocycles. The van der Waals surface area contributed by atoms with Crippen LogP contribution in [0.4, 0.5) is 10.1 Å². The van der Waals surface area contributed by atoms with Crippen LogP contribution in [0.3, 0.4) is 0 Å². The van der Waals surface area contributed by atoms with Gasteiger partial charge in [0.25, 0.3) is 5.91 Å². The Labute approximate surface area is 177 Å². The first kappa shape index (κ1) is 20.0. The Bertz CT molecular complexity index is 1270.